The lowest BCUT2D eigenvalue weighted by Gasteiger charge is -2.24. The highest BCUT2D eigenvalue weighted by Gasteiger charge is 2.15. The molecule has 0 bridgehead atoms. The molecule has 0 heterocycles. The number of benzene rings is 1. The largest absolute Gasteiger partial charge is 0.316 e. The van der Waals surface area contributed by atoms with Crippen LogP contribution in [0.2, 0.25) is 0 Å². The molecule has 3 heteroatoms. The second-order valence-corrected chi connectivity index (χ2v) is 5.58. The summed E-state index contributed by atoms with van der Waals surface area (Å²) >= 11 is 0. The molecule has 1 aromatic rings. The van der Waals surface area contributed by atoms with Gasteiger partial charge in [0.1, 0.15) is 11.6 Å². The minimum Gasteiger partial charge on any atom is -0.316 e. The maximum atomic E-state index is 13.4. The van der Waals surface area contributed by atoms with Gasteiger partial charge in [-0.1, -0.05) is 33.3 Å². The van der Waals surface area contributed by atoms with E-state index in [1.807, 2.05) is 0 Å². The van der Waals surface area contributed by atoms with Gasteiger partial charge in [-0.2, -0.15) is 0 Å². The van der Waals surface area contributed by atoms with Gasteiger partial charge >= 0.3 is 0 Å². The highest BCUT2D eigenvalue weighted by atomic mass is 19.1. The van der Waals surface area contributed by atoms with E-state index < -0.39 is 11.6 Å². The fraction of sp³-hybridized carbons (Fsp3) is 0.600. The molecule has 0 fully saturated rings. The number of rotatable bonds is 7. The van der Waals surface area contributed by atoms with Crippen molar-refractivity contribution in [1.29, 1.82) is 0 Å². The Morgan fingerprint density at radius 2 is 1.94 bits per heavy atom. The van der Waals surface area contributed by atoms with Crippen LogP contribution in [0.5, 0.6) is 0 Å². The second-order valence-electron chi connectivity index (χ2n) is 5.58. The van der Waals surface area contributed by atoms with Gasteiger partial charge < -0.3 is 5.32 Å². The van der Waals surface area contributed by atoms with Crippen LogP contribution in [0.3, 0.4) is 0 Å². The predicted molar refractivity (Wildman–Crippen MR) is 71.6 cm³/mol. The summed E-state index contributed by atoms with van der Waals surface area (Å²) in [5.41, 5.74) is 0.841. The zero-order valence-corrected chi connectivity index (χ0v) is 11.5. The Morgan fingerprint density at radius 3 is 2.56 bits per heavy atom. The smallest absolute Gasteiger partial charge is 0.129 e. The number of hydrogen-bond donors (Lipinski definition) is 1. The van der Waals surface area contributed by atoms with Crippen molar-refractivity contribution in [2.75, 3.05) is 13.1 Å². The zero-order chi connectivity index (χ0) is 13.6. The normalized spacial score (nSPS) is 11.8. The van der Waals surface area contributed by atoms with Crippen molar-refractivity contribution in [3.8, 4) is 0 Å². The summed E-state index contributed by atoms with van der Waals surface area (Å²) in [6.45, 7) is 8.26. The molecule has 1 N–H and O–H groups in total. The van der Waals surface area contributed by atoms with Crippen LogP contribution < -0.4 is 5.32 Å². The van der Waals surface area contributed by atoms with Crippen molar-refractivity contribution < 1.29 is 8.78 Å². The van der Waals surface area contributed by atoms with E-state index >= 15 is 0 Å². The van der Waals surface area contributed by atoms with E-state index in [2.05, 4.69) is 26.1 Å². The van der Waals surface area contributed by atoms with Gasteiger partial charge in [-0.25, -0.2) is 8.78 Å². The maximum absolute atomic E-state index is 13.4. The Hall–Kier alpha value is -0.960. The molecule has 18 heavy (non-hydrogen) atoms. The van der Waals surface area contributed by atoms with Crippen LogP contribution >= 0.6 is 0 Å². The van der Waals surface area contributed by atoms with Gasteiger partial charge in [0.25, 0.3) is 0 Å². The van der Waals surface area contributed by atoms with Gasteiger partial charge in [-0.3, -0.25) is 0 Å². The first-order valence-corrected chi connectivity index (χ1v) is 6.59. The molecule has 0 spiro atoms. The molecule has 0 aliphatic carbocycles. The molecule has 0 unspecified atom stereocenters. The van der Waals surface area contributed by atoms with Crippen molar-refractivity contribution in [3.63, 3.8) is 0 Å². The van der Waals surface area contributed by atoms with E-state index in [0.29, 0.717) is 12.0 Å². The summed E-state index contributed by atoms with van der Waals surface area (Å²) in [6, 6.07) is 3.76. The summed E-state index contributed by atoms with van der Waals surface area (Å²) in [5.74, 6) is -0.974. The van der Waals surface area contributed by atoms with Crippen LogP contribution in [0.4, 0.5) is 8.78 Å². The van der Waals surface area contributed by atoms with Crippen molar-refractivity contribution in [2.45, 2.75) is 40.0 Å². The van der Waals surface area contributed by atoms with Gasteiger partial charge in [-0.05, 0) is 36.4 Å². The molecule has 0 aliphatic rings. The molecule has 1 rings (SSSR count). The van der Waals surface area contributed by atoms with Gasteiger partial charge in [-0.15, -0.1) is 0 Å². The van der Waals surface area contributed by atoms with Crippen LogP contribution in [-0.4, -0.2) is 13.1 Å². The molecule has 0 atom stereocenters. The quantitative estimate of drug-likeness (QED) is 0.728. The molecule has 0 amide bonds. The Kier molecular flexibility index (Phi) is 5.73. The first-order valence-electron chi connectivity index (χ1n) is 6.59. The molecular weight excluding hydrogens is 232 g/mol. The van der Waals surface area contributed by atoms with Gasteiger partial charge in [0.05, 0.1) is 0 Å². The molecule has 0 aliphatic heterocycles. The monoisotopic (exact) mass is 255 g/mol. The molecule has 0 radical (unpaired) electrons. The third kappa shape index (κ3) is 5.13. The highest BCUT2D eigenvalue weighted by molar-refractivity contribution is 5.18. The van der Waals surface area contributed by atoms with E-state index in [1.54, 1.807) is 0 Å². The molecule has 0 saturated heterocycles. The Bertz CT molecular complexity index is 375. The van der Waals surface area contributed by atoms with Crippen LogP contribution in [0.25, 0.3) is 0 Å². The number of nitrogens with one attached hydrogen (secondary N) is 1. The fourth-order valence-electron chi connectivity index (χ4n) is 2.14. The number of hydrogen-bond acceptors (Lipinski definition) is 1. The lowest BCUT2D eigenvalue weighted by atomic mass is 9.88. The molecule has 1 nitrogen and oxygen atoms in total. The third-order valence-corrected chi connectivity index (χ3v) is 3.12. The highest BCUT2D eigenvalue weighted by Crippen LogP contribution is 2.20. The molecular formula is C15H23F2N. The Morgan fingerprint density at radius 1 is 1.22 bits per heavy atom. The van der Waals surface area contributed by atoms with E-state index in [9.17, 15) is 8.78 Å². The molecule has 0 aromatic heterocycles. The summed E-state index contributed by atoms with van der Waals surface area (Å²) < 4.78 is 26.1. The van der Waals surface area contributed by atoms with Crippen LogP contribution in [0.15, 0.2) is 18.2 Å². The summed E-state index contributed by atoms with van der Waals surface area (Å²) in [4.78, 5) is 0. The van der Waals surface area contributed by atoms with Crippen molar-refractivity contribution in [2.24, 2.45) is 5.41 Å². The van der Waals surface area contributed by atoms with E-state index in [1.165, 1.54) is 25.0 Å². The SMILES string of the molecule is CCCC(C)(C)CNCCc1ccc(F)cc1F. The Balaban J connectivity index is 2.34. The molecule has 1 aromatic carbocycles. The van der Waals surface area contributed by atoms with Gasteiger partial charge in [0.15, 0.2) is 0 Å². The summed E-state index contributed by atoms with van der Waals surface area (Å²) in [7, 11) is 0. The van der Waals surface area contributed by atoms with E-state index in [0.717, 1.165) is 19.2 Å². The van der Waals surface area contributed by atoms with Crippen LogP contribution in [0, 0.1) is 17.0 Å². The average Bonchev–Trinajstić information content (AvgIpc) is 2.26. The number of halogens is 2. The molecule has 102 valence electrons. The third-order valence-electron chi connectivity index (χ3n) is 3.12. The van der Waals surface area contributed by atoms with Gasteiger partial charge in [0.2, 0.25) is 0 Å². The summed E-state index contributed by atoms with van der Waals surface area (Å²) in [5, 5.41) is 3.34. The zero-order valence-electron chi connectivity index (χ0n) is 11.5. The van der Waals surface area contributed by atoms with E-state index in [4.69, 9.17) is 0 Å². The molecule has 0 saturated carbocycles. The van der Waals surface area contributed by atoms with Crippen molar-refractivity contribution >= 4 is 0 Å². The Labute approximate surface area is 109 Å². The second kappa shape index (κ2) is 6.83. The van der Waals surface area contributed by atoms with Crippen molar-refractivity contribution in [1.82, 2.24) is 5.32 Å². The van der Waals surface area contributed by atoms with Crippen LogP contribution in [0.1, 0.15) is 39.2 Å². The van der Waals surface area contributed by atoms with E-state index in [-0.39, 0.29) is 5.41 Å². The minimum atomic E-state index is -0.520. The minimum absolute atomic E-state index is 0.274. The van der Waals surface area contributed by atoms with Crippen molar-refractivity contribution in [3.05, 3.63) is 35.4 Å². The predicted octanol–water partition coefficient (Wildman–Crippen LogP) is 3.92. The fourth-order valence-corrected chi connectivity index (χ4v) is 2.14. The maximum Gasteiger partial charge on any atom is 0.129 e. The lowest BCUT2D eigenvalue weighted by molar-refractivity contribution is 0.312. The standard InChI is InChI=1S/C15H23F2N/c1-4-8-15(2,3)11-18-9-7-12-5-6-13(16)10-14(12)17/h5-6,10,18H,4,7-9,11H2,1-3H3. The topological polar surface area (TPSA) is 12.0 Å². The van der Waals surface area contributed by atoms with Gasteiger partial charge in [0, 0.05) is 12.6 Å². The van der Waals surface area contributed by atoms with Crippen LogP contribution in [-0.2, 0) is 6.42 Å². The average molecular weight is 255 g/mol. The lowest BCUT2D eigenvalue weighted by Crippen LogP contribution is -2.30. The first-order chi connectivity index (χ1) is 8.44. The first kappa shape index (κ1) is 15.1. The summed E-state index contributed by atoms with van der Waals surface area (Å²) in [6.07, 6.45) is 2.93.